The number of carbonyl (C=O) groups excluding carboxylic acids is 2. The first-order chi connectivity index (χ1) is 10.7. The molecule has 1 aromatic rings. The number of amides is 2. The molecule has 22 heavy (non-hydrogen) atoms. The predicted molar refractivity (Wildman–Crippen MR) is 85.1 cm³/mol. The monoisotopic (exact) mass is 300 g/mol. The number of hydrogen-bond donors (Lipinski definition) is 1. The van der Waals surface area contributed by atoms with Crippen molar-refractivity contribution in [2.75, 3.05) is 13.1 Å². The third kappa shape index (κ3) is 3.95. The molecule has 2 aliphatic heterocycles. The van der Waals surface area contributed by atoms with E-state index in [4.69, 9.17) is 0 Å². The quantitative estimate of drug-likeness (QED) is 0.868. The van der Waals surface area contributed by atoms with Gasteiger partial charge in [-0.05, 0) is 49.9 Å². The number of nitrogens with zero attached hydrogens (tertiary/aromatic N) is 1. The van der Waals surface area contributed by atoms with E-state index < -0.39 is 0 Å². The largest absolute Gasteiger partial charge is 0.299 e. The lowest BCUT2D eigenvalue weighted by atomic mass is 9.90. The van der Waals surface area contributed by atoms with E-state index in [1.54, 1.807) is 0 Å². The fourth-order valence-electron chi connectivity index (χ4n) is 3.45. The van der Waals surface area contributed by atoms with Crippen molar-refractivity contribution < 1.29 is 9.59 Å². The van der Waals surface area contributed by atoms with Crippen molar-refractivity contribution in [3.63, 3.8) is 0 Å². The van der Waals surface area contributed by atoms with E-state index in [2.05, 4.69) is 34.5 Å². The van der Waals surface area contributed by atoms with Gasteiger partial charge in [-0.2, -0.15) is 0 Å². The van der Waals surface area contributed by atoms with E-state index >= 15 is 0 Å². The Bertz CT molecular complexity index is 550. The molecule has 4 nitrogen and oxygen atoms in total. The Labute approximate surface area is 131 Å². The van der Waals surface area contributed by atoms with Crippen LogP contribution in [0.5, 0.6) is 0 Å². The lowest BCUT2D eigenvalue weighted by molar-refractivity contribution is -0.136. The summed E-state index contributed by atoms with van der Waals surface area (Å²) in [5.74, 6) is -0.319. The summed E-state index contributed by atoms with van der Waals surface area (Å²) in [5, 5.41) is 2.44. The minimum absolute atomic E-state index is 0.0667. The van der Waals surface area contributed by atoms with Crippen molar-refractivity contribution in [1.82, 2.24) is 10.2 Å². The molecule has 1 aromatic carbocycles. The normalized spacial score (nSPS) is 23.4. The molecule has 0 aliphatic carbocycles. The molecule has 2 fully saturated rings. The molecule has 2 heterocycles. The molecule has 0 radical (unpaired) electrons. The van der Waals surface area contributed by atoms with Crippen molar-refractivity contribution in [2.45, 2.75) is 45.1 Å². The molecule has 118 valence electrons. The zero-order chi connectivity index (χ0) is 15.4. The highest BCUT2D eigenvalue weighted by Gasteiger charge is 2.26. The van der Waals surface area contributed by atoms with Crippen LogP contribution in [0.2, 0.25) is 0 Å². The summed E-state index contributed by atoms with van der Waals surface area (Å²) in [6, 6.07) is 8.56. The summed E-state index contributed by atoms with van der Waals surface area (Å²) in [7, 11) is 0. The van der Waals surface area contributed by atoms with Crippen LogP contribution >= 0.6 is 0 Å². The maximum atomic E-state index is 11.9. The van der Waals surface area contributed by atoms with Crippen molar-refractivity contribution in [1.29, 1.82) is 0 Å². The van der Waals surface area contributed by atoms with Crippen molar-refractivity contribution >= 4 is 11.8 Å². The lowest BCUT2D eigenvalue weighted by Crippen LogP contribution is -2.41. The number of benzene rings is 1. The van der Waals surface area contributed by atoms with E-state index in [0.717, 1.165) is 13.0 Å². The number of nitrogens with one attached hydrogen (secondary N) is 1. The number of imide groups is 1. The van der Waals surface area contributed by atoms with E-state index in [1.807, 2.05) is 0 Å². The second-order valence-electron chi connectivity index (χ2n) is 6.51. The Morgan fingerprint density at radius 3 is 2.64 bits per heavy atom. The van der Waals surface area contributed by atoms with Crippen molar-refractivity contribution in [2.24, 2.45) is 5.92 Å². The summed E-state index contributed by atoms with van der Waals surface area (Å²) in [4.78, 5) is 25.6. The van der Waals surface area contributed by atoms with Crippen LogP contribution in [0.15, 0.2) is 24.3 Å². The first-order valence-corrected chi connectivity index (χ1v) is 8.34. The number of carbonyl (C=O) groups is 2. The van der Waals surface area contributed by atoms with Gasteiger partial charge >= 0.3 is 0 Å². The van der Waals surface area contributed by atoms with Gasteiger partial charge in [0, 0.05) is 18.9 Å². The minimum atomic E-state index is -0.139. The molecule has 1 N–H and O–H groups in total. The fraction of sp³-hybridized carbons (Fsp3) is 0.556. The Balaban J connectivity index is 1.61. The number of hydrogen-bond acceptors (Lipinski definition) is 3. The maximum Gasteiger partial charge on any atom is 0.230 e. The molecule has 4 heteroatoms. The van der Waals surface area contributed by atoms with Crippen LogP contribution < -0.4 is 5.32 Å². The Kier molecular flexibility index (Phi) is 4.88. The molecule has 0 spiro atoms. The topological polar surface area (TPSA) is 49.4 Å². The number of likely N-dealkylation sites (tertiary alicyclic amines) is 1. The van der Waals surface area contributed by atoms with E-state index in [0.29, 0.717) is 12.8 Å². The minimum Gasteiger partial charge on any atom is -0.299 e. The standard InChI is InChI=1S/C18H24N2O2/c21-17-8-7-16(18(22)19-17)12-14-5-4-6-15(11-14)13-20-9-2-1-3-10-20/h4-6,11,16H,1-3,7-10,12-13H2,(H,19,21,22). The summed E-state index contributed by atoms with van der Waals surface area (Å²) in [5.41, 5.74) is 2.52. The van der Waals surface area contributed by atoms with E-state index in [-0.39, 0.29) is 17.7 Å². The lowest BCUT2D eigenvalue weighted by Gasteiger charge is -2.26. The van der Waals surface area contributed by atoms with E-state index in [1.165, 1.54) is 43.5 Å². The fourth-order valence-corrected chi connectivity index (χ4v) is 3.45. The molecule has 2 amide bonds. The molecule has 2 saturated heterocycles. The Morgan fingerprint density at radius 1 is 1.09 bits per heavy atom. The molecular weight excluding hydrogens is 276 g/mol. The summed E-state index contributed by atoms with van der Waals surface area (Å²) in [6.45, 7) is 3.39. The van der Waals surface area contributed by atoms with Crippen LogP contribution in [0.3, 0.4) is 0 Å². The van der Waals surface area contributed by atoms with Gasteiger partial charge in [0.1, 0.15) is 0 Å². The summed E-state index contributed by atoms with van der Waals surface area (Å²) in [6.07, 6.45) is 5.82. The molecule has 2 aliphatic rings. The average Bonchev–Trinajstić information content (AvgIpc) is 2.52. The van der Waals surface area contributed by atoms with Crippen LogP contribution in [0.4, 0.5) is 0 Å². The molecule has 3 rings (SSSR count). The zero-order valence-corrected chi connectivity index (χ0v) is 13.0. The Hall–Kier alpha value is -1.68. The van der Waals surface area contributed by atoms with Gasteiger partial charge in [-0.15, -0.1) is 0 Å². The van der Waals surface area contributed by atoms with Crippen LogP contribution in [-0.4, -0.2) is 29.8 Å². The smallest absolute Gasteiger partial charge is 0.230 e. The van der Waals surface area contributed by atoms with Crippen molar-refractivity contribution in [3.05, 3.63) is 35.4 Å². The van der Waals surface area contributed by atoms with Gasteiger partial charge in [-0.25, -0.2) is 0 Å². The maximum absolute atomic E-state index is 11.9. The van der Waals surface area contributed by atoms with Gasteiger partial charge in [0.15, 0.2) is 0 Å². The molecule has 0 bridgehead atoms. The second kappa shape index (κ2) is 7.05. The number of rotatable bonds is 4. The van der Waals surface area contributed by atoms with Gasteiger partial charge in [-0.3, -0.25) is 19.8 Å². The average molecular weight is 300 g/mol. The molecule has 0 aromatic heterocycles. The molecular formula is C18H24N2O2. The highest BCUT2D eigenvalue weighted by molar-refractivity contribution is 5.98. The Morgan fingerprint density at radius 2 is 1.86 bits per heavy atom. The first kappa shape index (κ1) is 15.2. The molecule has 0 saturated carbocycles. The predicted octanol–water partition coefficient (Wildman–Crippen LogP) is 2.27. The first-order valence-electron chi connectivity index (χ1n) is 8.34. The third-order valence-electron chi connectivity index (χ3n) is 4.68. The van der Waals surface area contributed by atoms with Crippen molar-refractivity contribution in [3.8, 4) is 0 Å². The van der Waals surface area contributed by atoms with Crippen LogP contribution in [0.1, 0.15) is 43.2 Å². The zero-order valence-electron chi connectivity index (χ0n) is 13.0. The molecule has 1 atom stereocenters. The van der Waals surface area contributed by atoms with Gasteiger partial charge in [0.05, 0.1) is 0 Å². The third-order valence-corrected chi connectivity index (χ3v) is 4.68. The van der Waals surface area contributed by atoms with Gasteiger partial charge < -0.3 is 0 Å². The second-order valence-corrected chi connectivity index (χ2v) is 6.51. The van der Waals surface area contributed by atoms with E-state index in [9.17, 15) is 9.59 Å². The SMILES string of the molecule is O=C1CCC(Cc2cccc(CN3CCCCC3)c2)C(=O)N1. The van der Waals surface area contributed by atoms with Crippen LogP contribution in [0.25, 0.3) is 0 Å². The highest BCUT2D eigenvalue weighted by Crippen LogP contribution is 2.20. The van der Waals surface area contributed by atoms with Gasteiger partial charge in [0.25, 0.3) is 0 Å². The van der Waals surface area contributed by atoms with Gasteiger partial charge in [-0.1, -0.05) is 30.7 Å². The van der Waals surface area contributed by atoms with Crippen LogP contribution in [-0.2, 0) is 22.6 Å². The highest BCUT2D eigenvalue weighted by atomic mass is 16.2. The molecule has 1 unspecified atom stereocenters. The summed E-state index contributed by atoms with van der Waals surface area (Å²) < 4.78 is 0. The van der Waals surface area contributed by atoms with Crippen LogP contribution in [0, 0.1) is 5.92 Å². The van der Waals surface area contributed by atoms with Gasteiger partial charge in [0.2, 0.25) is 11.8 Å². The number of piperidine rings is 2. The summed E-state index contributed by atoms with van der Waals surface area (Å²) >= 11 is 0.